The average Bonchev–Trinajstić information content (AvgIpc) is 3.29. The van der Waals surface area contributed by atoms with E-state index < -0.39 is 16.0 Å². The topological polar surface area (TPSA) is 111 Å². The highest BCUT2D eigenvalue weighted by molar-refractivity contribution is 7.89. The van der Waals surface area contributed by atoms with Crippen LogP contribution in [0.4, 0.5) is 5.95 Å². The standard InChI is InChI=1S/C20H22N6O4S/c1-15-14-16(19(27)30-2)8-9-18(15)31(28,29)25-12-10-24(11-13-25)20-21-22-23-26(20)17-6-4-3-5-7-17/h3-9,14H,10-13H2,1-2H3. The number of para-hydroxylation sites is 1. The summed E-state index contributed by atoms with van der Waals surface area (Å²) >= 11 is 0. The molecular formula is C20H22N6O4S. The van der Waals surface area contributed by atoms with Crippen molar-refractivity contribution in [2.24, 2.45) is 0 Å². The van der Waals surface area contributed by atoms with Gasteiger partial charge in [0.1, 0.15) is 0 Å². The molecule has 10 nitrogen and oxygen atoms in total. The molecule has 0 spiro atoms. The van der Waals surface area contributed by atoms with Gasteiger partial charge < -0.3 is 9.64 Å². The van der Waals surface area contributed by atoms with Crippen LogP contribution in [0.2, 0.25) is 0 Å². The first kappa shape index (κ1) is 20.9. The second-order valence-corrected chi connectivity index (χ2v) is 9.00. The predicted octanol–water partition coefficient (Wildman–Crippen LogP) is 1.27. The van der Waals surface area contributed by atoms with E-state index >= 15 is 0 Å². The summed E-state index contributed by atoms with van der Waals surface area (Å²) in [4.78, 5) is 13.8. The van der Waals surface area contributed by atoms with Crippen LogP contribution in [0.15, 0.2) is 53.4 Å². The fraction of sp³-hybridized carbons (Fsp3) is 0.300. The summed E-state index contributed by atoms with van der Waals surface area (Å²) in [5.74, 6) is 0.0682. The van der Waals surface area contributed by atoms with Crippen molar-refractivity contribution < 1.29 is 17.9 Å². The summed E-state index contributed by atoms with van der Waals surface area (Å²) in [6.45, 7) is 3.16. The molecule has 0 bridgehead atoms. The van der Waals surface area contributed by atoms with Crippen LogP contribution in [-0.4, -0.2) is 72.2 Å². The van der Waals surface area contributed by atoms with Gasteiger partial charge in [0.05, 0.1) is 23.3 Å². The Morgan fingerprint density at radius 3 is 2.39 bits per heavy atom. The number of carbonyl (C=O) groups is 1. The van der Waals surface area contributed by atoms with Gasteiger partial charge in [-0.1, -0.05) is 23.3 Å². The van der Waals surface area contributed by atoms with Gasteiger partial charge in [-0.2, -0.15) is 8.99 Å². The number of carbonyl (C=O) groups excluding carboxylic acids is 1. The van der Waals surface area contributed by atoms with E-state index in [-0.39, 0.29) is 4.90 Å². The van der Waals surface area contributed by atoms with E-state index in [1.165, 1.54) is 29.6 Å². The number of ether oxygens (including phenoxy) is 1. The number of aryl methyl sites for hydroxylation is 1. The Balaban J connectivity index is 1.51. The number of sulfonamides is 1. The van der Waals surface area contributed by atoms with Crippen LogP contribution in [0.5, 0.6) is 0 Å². The molecule has 1 saturated heterocycles. The van der Waals surface area contributed by atoms with Crippen molar-refractivity contribution in [3.05, 3.63) is 59.7 Å². The van der Waals surface area contributed by atoms with Crippen molar-refractivity contribution in [3.8, 4) is 5.69 Å². The number of benzene rings is 2. The van der Waals surface area contributed by atoms with E-state index in [9.17, 15) is 13.2 Å². The maximum Gasteiger partial charge on any atom is 0.337 e. The first-order valence-electron chi connectivity index (χ1n) is 9.69. The second kappa shape index (κ2) is 8.44. The maximum atomic E-state index is 13.2. The zero-order chi connectivity index (χ0) is 22.0. The molecule has 1 aliphatic heterocycles. The van der Waals surface area contributed by atoms with Gasteiger partial charge in [0, 0.05) is 26.2 Å². The fourth-order valence-corrected chi connectivity index (χ4v) is 5.20. The molecule has 1 fully saturated rings. The number of piperazine rings is 1. The SMILES string of the molecule is COC(=O)c1ccc(S(=O)(=O)N2CCN(c3nnnn3-c3ccccc3)CC2)c(C)c1. The monoisotopic (exact) mass is 442 g/mol. The van der Waals surface area contributed by atoms with Crippen molar-refractivity contribution in [2.45, 2.75) is 11.8 Å². The summed E-state index contributed by atoms with van der Waals surface area (Å²) in [7, 11) is -2.41. The van der Waals surface area contributed by atoms with Gasteiger partial charge in [-0.3, -0.25) is 0 Å². The van der Waals surface area contributed by atoms with Gasteiger partial charge in [0.15, 0.2) is 0 Å². The molecular weight excluding hydrogens is 420 g/mol. The van der Waals surface area contributed by atoms with E-state index in [4.69, 9.17) is 4.74 Å². The number of aromatic nitrogens is 4. The Morgan fingerprint density at radius 1 is 1.03 bits per heavy atom. The smallest absolute Gasteiger partial charge is 0.337 e. The third kappa shape index (κ3) is 4.01. The van der Waals surface area contributed by atoms with E-state index in [2.05, 4.69) is 15.5 Å². The molecule has 4 rings (SSSR count). The van der Waals surface area contributed by atoms with Crippen LogP contribution >= 0.6 is 0 Å². The predicted molar refractivity (Wildman–Crippen MR) is 113 cm³/mol. The van der Waals surface area contributed by atoms with Crippen LogP contribution in [0.25, 0.3) is 5.69 Å². The normalized spacial score (nSPS) is 15.1. The molecule has 0 radical (unpaired) electrons. The van der Waals surface area contributed by atoms with Crippen molar-refractivity contribution >= 4 is 21.9 Å². The van der Waals surface area contributed by atoms with Crippen LogP contribution in [0, 0.1) is 6.92 Å². The largest absolute Gasteiger partial charge is 0.465 e. The molecule has 0 atom stereocenters. The van der Waals surface area contributed by atoms with Crippen LogP contribution in [0.1, 0.15) is 15.9 Å². The molecule has 1 aromatic heterocycles. The number of tetrazole rings is 1. The Kier molecular flexibility index (Phi) is 5.70. The quantitative estimate of drug-likeness (QED) is 0.543. The van der Waals surface area contributed by atoms with Gasteiger partial charge in [-0.05, 0) is 53.2 Å². The Morgan fingerprint density at radius 2 is 1.74 bits per heavy atom. The minimum Gasteiger partial charge on any atom is -0.465 e. The number of rotatable bonds is 5. The lowest BCUT2D eigenvalue weighted by molar-refractivity contribution is 0.0600. The first-order chi connectivity index (χ1) is 14.9. The number of esters is 1. The van der Waals surface area contributed by atoms with E-state index in [0.29, 0.717) is 43.3 Å². The average molecular weight is 443 g/mol. The van der Waals surface area contributed by atoms with Gasteiger partial charge >= 0.3 is 5.97 Å². The molecule has 31 heavy (non-hydrogen) atoms. The maximum absolute atomic E-state index is 13.2. The highest BCUT2D eigenvalue weighted by Crippen LogP contribution is 2.24. The van der Waals surface area contributed by atoms with Crippen molar-refractivity contribution in [3.63, 3.8) is 0 Å². The lowest BCUT2D eigenvalue weighted by atomic mass is 10.1. The van der Waals surface area contributed by atoms with E-state index in [1.807, 2.05) is 35.2 Å². The summed E-state index contributed by atoms with van der Waals surface area (Å²) in [6.07, 6.45) is 0. The molecule has 2 heterocycles. The number of hydrogen-bond donors (Lipinski definition) is 0. The summed E-state index contributed by atoms with van der Waals surface area (Å²) in [6, 6.07) is 14.0. The number of nitrogens with zero attached hydrogens (tertiary/aromatic N) is 6. The minimum absolute atomic E-state index is 0.183. The molecule has 0 unspecified atom stereocenters. The van der Waals surface area contributed by atoms with Crippen molar-refractivity contribution in [2.75, 3.05) is 38.2 Å². The van der Waals surface area contributed by atoms with Crippen molar-refractivity contribution in [1.29, 1.82) is 0 Å². The molecule has 0 N–H and O–H groups in total. The molecule has 3 aromatic rings. The van der Waals surface area contributed by atoms with Gasteiger partial charge in [-0.15, -0.1) is 0 Å². The van der Waals surface area contributed by atoms with Gasteiger partial charge in [-0.25, -0.2) is 13.2 Å². The summed E-state index contributed by atoms with van der Waals surface area (Å²) in [5, 5.41) is 12.0. The zero-order valence-corrected chi connectivity index (χ0v) is 18.0. The third-order valence-corrected chi connectivity index (χ3v) is 7.25. The zero-order valence-electron chi connectivity index (χ0n) is 17.2. The summed E-state index contributed by atoms with van der Waals surface area (Å²) < 4.78 is 34.2. The Bertz CT molecular complexity index is 1190. The number of hydrogen-bond acceptors (Lipinski definition) is 8. The molecule has 2 aromatic carbocycles. The molecule has 162 valence electrons. The number of anilines is 1. The van der Waals surface area contributed by atoms with Crippen LogP contribution in [0.3, 0.4) is 0 Å². The Hall–Kier alpha value is -3.31. The van der Waals surface area contributed by atoms with Crippen LogP contribution < -0.4 is 4.90 Å². The fourth-order valence-electron chi connectivity index (χ4n) is 3.57. The van der Waals surface area contributed by atoms with Gasteiger partial charge in [0.25, 0.3) is 0 Å². The molecule has 0 amide bonds. The second-order valence-electron chi connectivity index (χ2n) is 7.09. The highest BCUT2D eigenvalue weighted by atomic mass is 32.2. The third-order valence-electron chi connectivity index (χ3n) is 5.19. The Labute approximate surface area is 180 Å². The molecule has 0 saturated carbocycles. The van der Waals surface area contributed by atoms with E-state index in [1.54, 1.807) is 11.6 Å². The lowest BCUT2D eigenvalue weighted by Gasteiger charge is -2.34. The number of methoxy groups -OCH3 is 1. The highest BCUT2D eigenvalue weighted by Gasteiger charge is 2.31. The molecule has 11 heteroatoms. The van der Waals surface area contributed by atoms with Crippen molar-refractivity contribution in [1.82, 2.24) is 24.5 Å². The lowest BCUT2D eigenvalue weighted by Crippen LogP contribution is -2.49. The summed E-state index contributed by atoms with van der Waals surface area (Å²) in [5.41, 5.74) is 1.65. The first-order valence-corrected chi connectivity index (χ1v) is 11.1. The van der Waals surface area contributed by atoms with Crippen LogP contribution in [-0.2, 0) is 14.8 Å². The van der Waals surface area contributed by atoms with Gasteiger partial charge in [0.2, 0.25) is 16.0 Å². The van der Waals surface area contributed by atoms with E-state index in [0.717, 1.165) is 5.69 Å². The minimum atomic E-state index is -3.70. The molecule has 1 aliphatic rings. The molecule has 0 aliphatic carbocycles.